The Morgan fingerprint density at radius 1 is 1.15 bits per heavy atom. The molecule has 4 heterocycles. The molecule has 4 amide bonds. The van der Waals surface area contributed by atoms with Crippen LogP contribution in [0.2, 0.25) is 0 Å². The van der Waals surface area contributed by atoms with Gasteiger partial charge in [0.15, 0.2) is 5.76 Å². The van der Waals surface area contributed by atoms with Gasteiger partial charge in [0, 0.05) is 48.5 Å². The van der Waals surface area contributed by atoms with Crippen LogP contribution in [0.15, 0.2) is 71.9 Å². The van der Waals surface area contributed by atoms with Crippen molar-refractivity contribution in [3.63, 3.8) is 0 Å². The largest absolute Gasteiger partial charge is 0.459 e. The van der Waals surface area contributed by atoms with Crippen molar-refractivity contribution in [2.45, 2.75) is 37.4 Å². The third kappa shape index (κ3) is 5.64. The lowest BCUT2D eigenvalue weighted by Crippen LogP contribution is -2.59. The maximum Gasteiger partial charge on any atom is 0.290 e. The summed E-state index contributed by atoms with van der Waals surface area (Å²) >= 11 is 0. The van der Waals surface area contributed by atoms with Crippen LogP contribution in [0.5, 0.6) is 0 Å². The topological polar surface area (TPSA) is 176 Å². The Hall–Kier alpha value is -5.00. The monoisotopic (exact) mass is 529 g/mol. The minimum atomic E-state index is -1.02. The molecule has 5 rings (SSSR count). The van der Waals surface area contributed by atoms with Gasteiger partial charge in [-0.2, -0.15) is 0 Å². The fourth-order valence-corrected chi connectivity index (χ4v) is 4.82. The van der Waals surface area contributed by atoms with Crippen molar-refractivity contribution in [2.24, 2.45) is 5.73 Å². The standard InChI is InChI=1S/C27H27N7O5/c28-24(35)20(12-16-14-31-19-5-2-1-4-18(16)19)33-26(37)22-13-17(32-25(36)21-15-29-8-9-30-21)7-10-34(22)27(38)23-6-3-11-39-23/h1-6,8-9,11,14-15,17,20,22,31H,7,10,12-13H2,(H2,28,35)(H,32,36)(H,33,37)/t17-,20+,22-/m0/s1. The van der Waals surface area contributed by atoms with Gasteiger partial charge in [0.1, 0.15) is 17.8 Å². The molecule has 0 bridgehead atoms. The molecule has 200 valence electrons. The summed E-state index contributed by atoms with van der Waals surface area (Å²) in [6.07, 6.45) is 8.04. The summed E-state index contributed by atoms with van der Waals surface area (Å²) < 4.78 is 5.27. The van der Waals surface area contributed by atoms with E-state index in [1.54, 1.807) is 12.3 Å². The summed E-state index contributed by atoms with van der Waals surface area (Å²) in [5.74, 6) is -2.09. The Morgan fingerprint density at radius 3 is 2.74 bits per heavy atom. The number of nitrogens with one attached hydrogen (secondary N) is 3. The molecule has 0 unspecified atom stereocenters. The molecule has 39 heavy (non-hydrogen) atoms. The highest BCUT2D eigenvalue weighted by Gasteiger charge is 2.39. The zero-order chi connectivity index (χ0) is 27.4. The Morgan fingerprint density at radius 2 is 2.00 bits per heavy atom. The first-order valence-corrected chi connectivity index (χ1v) is 12.5. The zero-order valence-corrected chi connectivity index (χ0v) is 20.9. The predicted molar refractivity (Wildman–Crippen MR) is 139 cm³/mol. The lowest BCUT2D eigenvalue weighted by atomic mass is 9.95. The van der Waals surface area contributed by atoms with Crippen LogP contribution in [0.4, 0.5) is 0 Å². The Kier molecular flexibility index (Phi) is 7.34. The SMILES string of the molecule is NC(=O)[C@@H](Cc1c[nH]c2ccccc12)NC(=O)[C@@H]1C[C@@H](NC(=O)c2cnccn2)CCN1C(=O)c1ccco1. The van der Waals surface area contributed by atoms with Gasteiger partial charge in [0.05, 0.1) is 12.5 Å². The van der Waals surface area contributed by atoms with Gasteiger partial charge < -0.3 is 30.7 Å². The van der Waals surface area contributed by atoms with Crippen LogP contribution in [0.1, 0.15) is 39.4 Å². The van der Waals surface area contributed by atoms with E-state index >= 15 is 0 Å². The van der Waals surface area contributed by atoms with Gasteiger partial charge in [-0.05, 0) is 36.6 Å². The molecule has 1 aliphatic heterocycles. The first-order valence-electron chi connectivity index (χ1n) is 12.5. The summed E-state index contributed by atoms with van der Waals surface area (Å²) in [4.78, 5) is 64.3. The van der Waals surface area contributed by atoms with Crippen molar-refractivity contribution >= 4 is 34.5 Å². The van der Waals surface area contributed by atoms with Crippen molar-refractivity contribution in [2.75, 3.05) is 6.54 Å². The Balaban J connectivity index is 1.35. The minimum Gasteiger partial charge on any atom is -0.459 e. The third-order valence-electron chi connectivity index (χ3n) is 6.79. The van der Waals surface area contributed by atoms with Crippen molar-refractivity contribution < 1.29 is 23.6 Å². The molecular weight excluding hydrogens is 502 g/mol. The number of para-hydroxylation sites is 1. The number of hydrogen-bond acceptors (Lipinski definition) is 7. The molecule has 12 heteroatoms. The van der Waals surface area contributed by atoms with Gasteiger partial charge >= 0.3 is 0 Å². The number of amides is 4. The number of nitrogens with zero attached hydrogens (tertiary/aromatic N) is 3. The van der Waals surface area contributed by atoms with E-state index in [0.29, 0.717) is 6.42 Å². The number of piperidine rings is 1. The number of H-pyrrole nitrogens is 1. The van der Waals surface area contributed by atoms with E-state index in [2.05, 4.69) is 25.6 Å². The fraction of sp³-hybridized carbons (Fsp3) is 0.259. The number of benzene rings is 1. The van der Waals surface area contributed by atoms with Crippen molar-refractivity contribution in [1.82, 2.24) is 30.5 Å². The second kappa shape index (κ2) is 11.2. The molecule has 1 aromatic carbocycles. The van der Waals surface area contributed by atoms with Gasteiger partial charge in [-0.15, -0.1) is 0 Å². The van der Waals surface area contributed by atoms with Crippen molar-refractivity contribution in [3.8, 4) is 0 Å². The lowest BCUT2D eigenvalue weighted by molar-refractivity contribution is -0.131. The zero-order valence-electron chi connectivity index (χ0n) is 20.9. The smallest absolute Gasteiger partial charge is 0.290 e. The average Bonchev–Trinajstić information content (AvgIpc) is 3.63. The van der Waals surface area contributed by atoms with Crippen LogP contribution in [0, 0.1) is 0 Å². The van der Waals surface area contributed by atoms with Crippen LogP contribution in [0.3, 0.4) is 0 Å². The predicted octanol–water partition coefficient (Wildman–Crippen LogP) is 1.17. The Labute approximate surface area is 223 Å². The highest BCUT2D eigenvalue weighted by molar-refractivity contribution is 5.97. The molecule has 0 saturated carbocycles. The number of carbonyl (C=O) groups is 4. The second-order valence-corrected chi connectivity index (χ2v) is 9.30. The number of likely N-dealkylation sites (tertiary alicyclic amines) is 1. The first kappa shape index (κ1) is 25.6. The maximum atomic E-state index is 13.6. The van der Waals surface area contributed by atoms with Gasteiger partial charge in [-0.25, -0.2) is 4.98 Å². The van der Waals surface area contributed by atoms with Crippen molar-refractivity contribution in [1.29, 1.82) is 0 Å². The highest BCUT2D eigenvalue weighted by atomic mass is 16.3. The fourth-order valence-electron chi connectivity index (χ4n) is 4.82. The maximum absolute atomic E-state index is 13.6. The van der Waals surface area contributed by atoms with Crippen LogP contribution in [-0.4, -0.2) is 68.2 Å². The van der Waals surface area contributed by atoms with E-state index in [9.17, 15) is 19.2 Å². The van der Waals surface area contributed by atoms with Gasteiger partial charge in [-0.3, -0.25) is 24.2 Å². The minimum absolute atomic E-state index is 0.0834. The summed E-state index contributed by atoms with van der Waals surface area (Å²) in [6.45, 7) is 0.173. The number of aromatic amines is 1. The molecule has 1 fully saturated rings. The van der Waals surface area contributed by atoms with Gasteiger partial charge in [0.25, 0.3) is 11.8 Å². The van der Waals surface area contributed by atoms with E-state index in [4.69, 9.17) is 10.2 Å². The number of aromatic nitrogens is 3. The molecule has 5 N–H and O–H groups in total. The summed E-state index contributed by atoms with van der Waals surface area (Å²) in [7, 11) is 0. The molecule has 0 aliphatic carbocycles. The van der Waals surface area contributed by atoms with E-state index in [1.807, 2.05) is 24.3 Å². The van der Waals surface area contributed by atoms with E-state index in [0.717, 1.165) is 16.5 Å². The first-order chi connectivity index (χ1) is 18.9. The highest BCUT2D eigenvalue weighted by Crippen LogP contribution is 2.23. The molecule has 3 aromatic heterocycles. The van der Waals surface area contributed by atoms with Crippen molar-refractivity contribution in [3.05, 3.63) is 84.5 Å². The van der Waals surface area contributed by atoms with Crippen LogP contribution < -0.4 is 16.4 Å². The number of fused-ring (bicyclic) bond motifs is 1. The molecule has 1 saturated heterocycles. The molecular formula is C27H27N7O5. The Bertz CT molecular complexity index is 1480. The summed E-state index contributed by atoms with van der Waals surface area (Å²) in [6, 6.07) is 8.25. The number of hydrogen-bond donors (Lipinski definition) is 4. The van der Waals surface area contributed by atoms with E-state index in [-0.39, 0.29) is 30.8 Å². The summed E-state index contributed by atoms with van der Waals surface area (Å²) in [5.41, 5.74) is 7.52. The van der Waals surface area contributed by atoms with E-state index < -0.39 is 41.8 Å². The number of nitrogens with two attached hydrogens (primary N) is 1. The van der Waals surface area contributed by atoms with Gasteiger partial charge in [-0.1, -0.05) is 18.2 Å². The van der Waals surface area contributed by atoms with Crippen LogP contribution in [-0.2, 0) is 16.0 Å². The quantitative estimate of drug-likeness (QED) is 0.265. The molecule has 0 radical (unpaired) electrons. The third-order valence-corrected chi connectivity index (χ3v) is 6.79. The van der Waals surface area contributed by atoms with E-state index in [1.165, 1.54) is 35.8 Å². The number of furan rings is 1. The number of carbonyl (C=O) groups excluding carboxylic acids is 4. The molecule has 1 aliphatic rings. The molecule has 3 atom stereocenters. The van der Waals surface area contributed by atoms with Crippen LogP contribution >= 0.6 is 0 Å². The average molecular weight is 530 g/mol. The lowest BCUT2D eigenvalue weighted by Gasteiger charge is -2.38. The number of primary amides is 1. The number of rotatable bonds is 8. The summed E-state index contributed by atoms with van der Waals surface area (Å²) in [5, 5.41) is 6.52. The molecule has 0 spiro atoms. The van der Waals surface area contributed by atoms with Gasteiger partial charge in [0.2, 0.25) is 11.8 Å². The molecule has 12 nitrogen and oxygen atoms in total. The molecule has 4 aromatic rings. The normalized spacial score (nSPS) is 17.9. The second-order valence-electron chi connectivity index (χ2n) is 9.30. The van der Waals surface area contributed by atoms with Crippen LogP contribution in [0.25, 0.3) is 10.9 Å².